The van der Waals surface area contributed by atoms with Gasteiger partial charge in [-0.2, -0.15) is 0 Å². The lowest BCUT2D eigenvalue weighted by atomic mass is 9.48. The molecule has 0 radical (unpaired) electrons. The maximum atomic E-state index is 12.0. The summed E-state index contributed by atoms with van der Waals surface area (Å²) >= 11 is 0. The van der Waals surface area contributed by atoms with Crippen molar-refractivity contribution in [2.45, 2.75) is 65.7 Å². The molecule has 5 rings (SSSR count). The van der Waals surface area contributed by atoms with Gasteiger partial charge >= 0.3 is 0 Å². The van der Waals surface area contributed by atoms with Gasteiger partial charge in [0.1, 0.15) is 0 Å². The number of H-pyrrole nitrogens is 1. The first-order valence-corrected chi connectivity index (χ1v) is 11.8. The van der Waals surface area contributed by atoms with Gasteiger partial charge in [-0.1, -0.05) is 38.0 Å². The van der Waals surface area contributed by atoms with Crippen molar-refractivity contribution in [1.29, 1.82) is 0 Å². The molecule has 4 aliphatic carbocycles. The number of aromatic amines is 1. The molecule has 0 amide bonds. The fourth-order valence-electron chi connectivity index (χ4n) is 7.57. The van der Waals surface area contributed by atoms with E-state index in [0.717, 1.165) is 31.2 Å². The number of nitrogens with zero attached hydrogens (tertiary/aromatic N) is 3. The molecule has 0 aliphatic heterocycles. The van der Waals surface area contributed by atoms with Crippen LogP contribution in [0.5, 0.6) is 0 Å². The van der Waals surface area contributed by atoms with E-state index in [0.29, 0.717) is 34.9 Å². The zero-order valence-corrected chi connectivity index (χ0v) is 18.5. The Kier molecular flexibility index (Phi) is 4.86. The number of fused-ring (bicyclic) bond motifs is 5. The molecule has 6 nitrogen and oxygen atoms in total. The summed E-state index contributed by atoms with van der Waals surface area (Å²) in [5, 5.41) is 17.3. The van der Waals surface area contributed by atoms with Gasteiger partial charge in [0.15, 0.2) is 5.78 Å². The maximum absolute atomic E-state index is 12.0. The molecule has 0 saturated heterocycles. The zero-order chi connectivity index (χ0) is 20.9. The third-order valence-corrected chi connectivity index (χ3v) is 9.36. The van der Waals surface area contributed by atoms with Crippen LogP contribution in [0.1, 0.15) is 65.7 Å². The molecule has 0 bridgehead atoms. The van der Waals surface area contributed by atoms with Gasteiger partial charge in [0, 0.05) is 13.0 Å². The Labute approximate surface area is 179 Å². The topological polar surface area (TPSA) is 83.6 Å². The Hall–Kier alpha value is -1.98. The van der Waals surface area contributed by atoms with Crippen LogP contribution in [0, 0.1) is 40.4 Å². The normalized spacial score (nSPS) is 40.9. The van der Waals surface area contributed by atoms with Crippen LogP contribution < -0.4 is 5.32 Å². The van der Waals surface area contributed by atoms with Crippen molar-refractivity contribution in [3.63, 3.8) is 0 Å². The van der Waals surface area contributed by atoms with Gasteiger partial charge in [-0.15, -0.1) is 0 Å². The van der Waals surface area contributed by atoms with Crippen LogP contribution in [0.2, 0.25) is 0 Å². The van der Waals surface area contributed by atoms with E-state index in [1.54, 1.807) is 0 Å². The fourth-order valence-corrected chi connectivity index (χ4v) is 7.57. The highest BCUT2D eigenvalue weighted by Gasteiger charge is 2.57. The molecule has 162 valence electrons. The Morgan fingerprint density at radius 3 is 2.90 bits per heavy atom. The molecule has 1 aromatic rings. The lowest BCUT2D eigenvalue weighted by molar-refractivity contribution is -0.116. The summed E-state index contributed by atoms with van der Waals surface area (Å²) in [5.74, 6) is 4.52. The number of allylic oxidation sites excluding steroid dienone is 4. The van der Waals surface area contributed by atoms with Crippen LogP contribution in [0.3, 0.4) is 0 Å². The molecule has 3 unspecified atom stereocenters. The van der Waals surface area contributed by atoms with Crippen LogP contribution in [-0.2, 0) is 4.79 Å². The summed E-state index contributed by atoms with van der Waals surface area (Å²) in [6.07, 6.45) is 15.1. The van der Waals surface area contributed by atoms with E-state index in [2.05, 4.69) is 58.9 Å². The first kappa shape index (κ1) is 20.0. The number of ketones is 1. The SMILES string of the molecule is C[C@H](CNc1nnn[nH]1)C[C@H]1CCC2C3C=CC4=CC(=O)CC[C@]4(C)C3CC[C@@]21C. The summed E-state index contributed by atoms with van der Waals surface area (Å²) in [5.41, 5.74) is 1.95. The van der Waals surface area contributed by atoms with Gasteiger partial charge < -0.3 is 5.32 Å². The number of rotatable bonds is 5. The van der Waals surface area contributed by atoms with Gasteiger partial charge in [-0.05, 0) is 101 Å². The predicted octanol–water partition coefficient (Wildman–Crippen LogP) is 4.56. The van der Waals surface area contributed by atoms with Crippen molar-refractivity contribution in [3.8, 4) is 0 Å². The number of hydrogen-bond acceptors (Lipinski definition) is 5. The zero-order valence-electron chi connectivity index (χ0n) is 18.5. The van der Waals surface area contributed by atoms with Crippen LogP contribution >= 0.6 is 0 Å². The van der Waals surface area contributed by atoms with Crippen LogP contribution in [0.4, 0.5) is 5.95 Å². The minimum Gasteiger partial charge on any atom is -0.353 e. The van der Waals surface area contributed by atoms with Gasteiger partial charge in [-0.25, -0.2) is 5.10 Å². The molecule has 0 spiro atoms. The molecule has 6 heteroatoms. The number of nitrogens with one attached hydrogen (secondary N) is 2. The van der Waals surface area contributed by atoms with Gasteiger partial charge in [-0.3, -0.25) is 4.79 Å². The molecule has 7 atom stereocenters. The van der Waals surface area contributed by atoms with Crippen molar-refractivity contribution in [3.05, 3.63) is 23.8 Å². The highest BCUT2D eigenvalue weighted by molar-refractivity contribution is 5.92. The number of carbonyl (C=O) groups excluding carboxylic acids is 1. The molecule has 2 saturated carbocycles. The van der Waals surface area contributed by atoms with Crippen molar-refractivity contribution < 1.29 is 4.79 Å². The first-order valence-electron chi connectivity index (χ1n) is 11.8. The summed E-state index contributed by atoms with van der Waals surface area (Å²) in [4.78, 5) is 12.0. The average Bonchev–Trinajstić information content (AvgIpc) is 3.35. The van der Waals surface area contributed by atoms with Crippen LogP contribution in [0.25, 0.3) is 0 Å². The highest BCUT2D eigenvalue weighted by atomic mass is 16.1. The molecule has 0 aromatic carbocycles. The van der Waals surface area contributed by atoms with E-state index < -0.39 is 0 Å². The standard InChI is InChI=1S/C24H35N5O/c1-15(14-25-22-26-28-29-27-22)12-16-5-7-20-19-6-4-17-13-18(30)8-10-23(17,2)21(19)9-11-24(16,20)3/h4,6,13,15-16,19-21H,5,7-12,14H2,1-3H3,(H2,25,26,27,28,29)/t15-,16+,19?,20?,21?,23-,24+/m0/s1. The van der Waals surface area contributed by atoms with Crippen molar-refractivity contribution in [2.75, 3.05) is 11.9 Å². The second kappa shape index (κ2) is 7.31. The molecule has 30 heavy (non-hydrogen) atoms. The fraction of sp³-hybridized carbons (Fsp3) is 0.750. The Balaban J connectivity index is 1.30. The number of anilines is 1. The highest BCUT2D eigenvalue weighted by Crippen LogP contribution is 2.65. The Bertz CT molecular complexity index is 861. The van der Waals surface area contributed by atoms with Crippen molar-refractivity contribution in [1.82, 2.24) is 20.6 Å². The van der Waals surface area contributed by atoms with Gasteiger partial charge in [0.2, 0.25) is 5.95 Å². The minimum absolute atomic E-state index is 0.203. The quantitative estimate of drug-likeness (QED) is 0.745. The smallest absolute Gasteiger partial charge is 0.240 e. The molecule has 2 fully saturated rings. The monoisotopic (exact) mass is 409 g/mol. The minimum atomic E-state index is 0.203. The van der Waals surface area contributed by atoms with Crippen LogP contribution in [-0.4, -0.2) is 33.0 Å². The summed E-state index contributed by atoms with van der Waals surface area (Å²) in [7, 11) is 0. The molecular weight excluding hydrogens is 374 g/mol. The lowest BCUT2D eigenvalue weighted by Gasteiger charge is -2.56. The largest absolute Gasteiger partial charge is 0.353 e. The van der Waals surface area contributed by atoms with E-state index in [1.165, 1.54) is 37.7 Å². The third-order valence-electron chi connectivity index (χ3n) is 9.36. The molecular formula is C24H35N5O. The second-order valence-corrected chi connectivity index (χ2v) is 10.9. The van der Waals surface area contributed by atoms with E-state index in [1.807, 2.05) is 6.08 Å². The number of tetrazole rings is 1. The predicted molar refractivity (Wildman–Crippen MR) is 117 cm³/mol. The maximum Gasteiger partial charge on any atom is 0.240 e. The number of aromatic nitrogens is 4. The van der Waals surface area contributed by atoms with E-state index >= 15 is 0 Å². The molecule has 1 heterocycles. The average molecular weight is 410 g/mol. The van der Waals surface area contributed by atoms with E-state index in [-0.39, 0.29) is 5.41 Å². The summed E-state index contributed by atoms with van der Waals surface area (Å²) in [6.45, 7) is 8.27. The van der Waals surface area contributed by atoms with Gasteiger partial charge in [0.25, 0.3) is 0 Å². The molecule has 1 aromatic heterocycles. The third kappa shape index (κ3) is 3.14. The molecule has 4 aliphatic rings. The van der Waals surface area contributed by atoms with Crippen molar-refractivity contribution >= 4 is 11.7 Å². The Morgan fingerprint density at radius 2 is 2.10 bits per heavy atom. The van der Waals surface area contributed by atoms with E-state index in [4.69, 9.17) is 0 Å². The molecule has 2 N–H and O–H groups in total. The second-order valence-electron chi connectivity index (χ2n) is 10.9. The first-order chi connectivity index (χ1) is 14.4. The number of carbonyl (C=O) groups is 1. The lowest BCUT2D eigenvalue weighted by Crippen LogP contribution is -2.49. The Morgan fingerprint density at radius 1 is 1.23 bits per heavy atom. The summed E-state index contributed by atoms with van der Waals surface area (Å²) < 4.78 is 0. The van der Waals surface area contributed by atoms with Crippen LogP contribution in [0.15, 0.2) is 23.8 Å². The number of hydrogen-bond donors (Lipinski definition) is 2. The van der Waals surface area contributed by atoms with E-state index in [9.17, 15) is 4.79 Å². The van der Waals surface area contributed by atoms with Gasteiger partial charge in [0.05, 0.1) is 0 Å². The van der Waals surface area contributed by atoms with Crippen molar-refractivity contribution in [2.24, 2.45) is 40.4 Å². The summed E-state index contributed by atoms with van der Waals surface area (Å²) in [6, 6.07) is 0.